The number of hydrogen-bond donors (Lipinski definition) is 2. The second kappa shape index (κ2) is 117. The summed E-state index contributed by atoms with van der Waals surface area (Å²) in [5.41, 5.74) is 0. The van der Waals surface area contributed by atoms with E-state index in [4.69, 9.17) is 10.5 Å². The second-order valence-electron chi connectivity index (χ2n) is 0.0816. The molecule has 6 heavy (non-hydrogen) atoms. The molecule has 8 N–H and O–H groups in total. The van der Waals surface area contributed by atoms with Crippen LogP contribution in [0.1, 0.15) is 0 Å². The molecular weight excluding hydrogens is 96.0 g/mol. The van der Waals surface area contributed by atoms with Crippen LogP contribution >= 0.6 is 0 Å². The van der Waals surface area contributed by atoms with E-state index in [2.05, 4.69) is 5.04 Å². The summed E-state index contributed by atoms with van der Waals surface area (Å²) in [6, 6.07) is 0. The van der Waals surface area contributed by atoms with Gasteiger partial charge < -0.3 is 16.4 Å². The third-order valence-electron chi connectivity index (χ3n) is 0. The fraction of sp³-hybridized carbons (Fsp3) is 0. The van der Waals surface area contributed by atoms with Crippen LogP contribution in [0, 0.1) is 0 Å². The fourth-order valence-electron chi connectivity index (χ4n) is 0. The van der Waals surface area contributed by atoms with E-state index in [0.29, 0.717) is 0 Å². The molecule has 0 aromatic heterocycles. The molecule has 0 saturated heterocycles. The highest BCUT2D eigenvalue weighted by Gasteiger charge is 1.27. The van der Waals surface area contributed by atoms with Crippen molar-refractivity contribution in [3.8, 4) is 0 Å². The zero-order valence-corrected chi connectivity index (χ0v) is 2.80. The van der Waals surface area contributed by atoms with Gasteiger partial charge in [0.15, 0.2) is 0 Å². The van der Waals surface area contributed by atoms with Gasteiger partial charge in [-0.05, 0) is 0 Å². The van der Waals surface area contributed by atoms with E-state index >= 15 is 0 Å². The van der Waals surface area contributed by atoms with E-state index in [1.54, 1.807) is 0 Å². The SMILES string of the molecule is O.O.O.OOO. The maximum absolute atomic E-state index is 6.62. The Kier molecular flexibility index (Phi) is 818. The van der Waals surface area contributed by atoms with Crippen LogP contribution in [0.3, 0.4) is 0 Å². The molecule has 0 heterocycles. The summed E-state index contributed by atoms with van der Waals surface area (Å²) in [7, 11) is 0. The Morgan fingerprint density at radius 1 is 0.833 bits per heavy atom. The van der Waals surface area contributed by atoms with Gasteiger partial charge in [0.2, 0.25) is 0 Å². The molecule has 6 nitrogen and oxygen atoms in total. The van der Waals surface area contributed by atoms with Crippen molar-refractivity contribution in [3.63, 3.8) is 0 Å². The fourth-order valence-corrected chi connectivity index (χ4v) is 0. The first kappa shape index (κ1) is 42.1. The Morgan fingerprint density at radius 3 is 0.833 bits per heavy atom. The molecule has 6 heteroatoms. The quantitative estimate of drug-likeness (QED) is 0.258. The molecular formula is H8O6. The standard InChI is InChI=1S/H2O3.3H2O/c1-3-2;;;/h1-2H;3*1H2. The zero-order valence-electron chi connectivity index (χ0n) is 2.80. The van der Waals surface area contributed by atoms with Crippen LogP contribution in [-0.4, -0.2) is 26.9 Å². The molecule has 0 aliphatic heterocycles. The van der Waals surface area contributed by atoms with Crippen molar-refractivity contribution < 1.29 is 32.0 Å². The smallest absolute Gasteiger partial charge is 0.0737 e. The van der Waals surface area contributed by atoms with Gasteiger partial charge >= 0.3 is 0 Å². The molecule has 0 atom stereocenters. The van der Waals surface area contributed by atoms with Gasteiger partial charge in [-0.2, -0.15) is 0 Å². The van der Waals surface area contributed by atoms with E-state index in [9.17, 15) is 0 Å². The molecule has 0 bridgehead atoms. The second-order valence-corrected chi connectivity index (χ2v) is 0.0816. The van der Waals surface area contributed by atoms with Crippen LogP contribution in [0.25, 0.3) is 0 Å². The molecule has 0 aliphatic rings. The van der Waals surface area contributed by atoms with Crippen LogP contribution in [0.2, 0.25) is 0 Å². The molecule has 0 aromatic rings. The van der Waals surface area contributed by atoms with Gasteiger partial charge in [0.05, 0.1) is 0 Å². The summed E-state index contributed by atoms with van der Waals surface area (Å²) in [4.78, 5) is 0. The van der Waals surface area contributed by atoms with Gasteiger partial charge in [0, 0.05) is 0 Å². The van der Waals surface area contributed by atoms with Crippen LogP contribution in [0.15, 0.2) is 0 Å². The van der Waals surface area contributed by atoms with Crippen molar-refractivity contribution in [2.75, 3.05) is 0 Å². The third kappa shape index (κ3) is 497. The lowest BCUT2D eigenvalue weighted by Gasteiger charge is -1.56. The topological polar surface area (TPSA) is 144 Å². The van der Waals surface area contributed by atoms with Crippen LogP contribution in [0.4, 0.5) is 0 Å². The molecule has 0 radical (unpaired) electrons. The Bertz CT molecular complexity index is 0. The van der Waals surface area contributed by atoms with Crippen molar-refractivity contribution in [2.24, 2.45) is 0 Å². The van der Waals surface area contributed by atoms with Gasteiger partial charge in [-0.1, -0.05) is 5.04 Å². The maximum Gasteiger partial charge on any atom is -0.0737 e. The molecule has 0 rings (SSSR count). The maximum atomic E-state index is 6.62. The molecule has 44 valence electrons. The monoisotopic (exact) mass is 104 g/mol. The van der Waals surface area contributed by atoms with E-state index in [1.165, 1.54) is 0 Å². The first-order valence-corrected chi connectivity index (χ1v) is 0.365. The first-order valence-electron chi connectivity index (χ1n) is 0.365. The summed E-state index contributed by atoms with van der Waals surface area (Å²) in [5.74, 6) is 0. The van der Waals surface area contributed by atoms with Crippen molar-refractivity contribution in [1.29, 1.82) is 0 Å². The van der Waals surface area contributed by atoms with Crippen molar-refractivity contribution in [2.45, 2.75) is 0 Å². The highest BCUT2D eigenvalue weighted by atomic mass is 17.4. The Balaban J connectivity index is -0.00000000667. The average molecular weight is 104 g/mol. The van der Waals surface area contributed by atoms with Gasteiger partial charge in [-0.25, -0.2) is 10.5 Å². The van der Waals surface area contributed by atoms with Crippen molar-refractivity contribution >= 4 is 0 Å². The highest BCUT2D eigenvalue weighted by Crippen LogP contribution is 1.24. The highest BCUT2D eigenvalue weighted by molar-refractivity contribution is 2.38. The van der Waals surface area contributed by atoms with E-state index in [1.807, 2.05) is 0 Å². The van der Waals surface area contributed by atoms with Crippen molar-refractivity contribution in [1.82, 2.24) is 0 Å². The third-order valence-corrected chi connectivity index (χ3v) is 0. The summed E-state index contributed by atoms with van der Waals surface area (Å²) >= 11 is 0. The summed E-state index contributed by atoms with van der Waals surface area (Å²) in [5, 5.41) is 15.5. The predicted octanol–water partition coefficient (Wildman–Crippen LogP) is -2.53. The molecule has 0 aromatic carbocycles. The average Bonchev–Trinajstić information content (AvgIpc) is 0.918. The lowest BCUT2D eigenvalue weighted by Crippen LogP contribution is -1.60. The Morgan fingerprint density at radius 2 is 0.833 bits per heavy atom. The van der Waals surface area contributed by atoms with E-state index < -0.39 is 0 Å². The molecule has 0 saturated carbocycles. The normalized spacial score (nSPS) is 3.00. The van der Waals surface area contributed by atoms with E-state index in [0.717, 1.165) is 0 Å². The molecule has 0 amide bonds. The zero-order chi connectivity index (χ0) is 2.71. The summed E-state index contributed by atoms with van der Waals surface area (Å²) in [6.07, 6.45) is 0. The van der Waals surface area contributed by atoms with Gasteiger partial charge in [-0.3, -0.25) is 0 Å². The van der Waals surface area contributed by atoms with Gasteiger partial charge in [0.25, 0.3) is 0 Å². The lowest BCUT2D eigenvalue weighted by molar-refractivity contribution is -0.465. The molecule has 0 aliphatic carbocycles. The summed E-state index contributed by atoms with van der Waals surface area (Å²) < 4.78 is 0. The minimum Gasteiger partial charge on any atom is -0.412 e. The predicted molar refractivity (Wildman–Crippen MR) is 17.2 cm³/mol. The summed E-state index contributed by atoms with van der Waals surface area (Å²) in [6.45, 7) is 0. The largest absolute Gasteiger partial charge is 0.412 e. The molecule has 0 fully saturated rings. The van der Waals surface area contributed by atoms with Crippen LogP contribution in [-0.2, 0) is 5.04 Å². The Hall–Kier alpha value is -0.240. The minimum absolute atomic E-state index is 0. The van der Waals surface area contributed by atoms with E-state index in [-0.39, 0.29) is 16.4 Å². The first-order chi connectivity index (χ1) is 1.41. The van der Waals surface area contributed by atoms with Gasteiger partial charge in [0.1, 0.15) is 0 Å². The lowest BCUT2D eigenvalue weighted by atomic mass is 14.6. The number of rotatable bonds is 0. The molecule has 0 unspecified atom stereocenters. The number of hydrogen-bond acceptors (Lipinski definition) is 3. The minimum atomic E-state index is 0. The molecule has 0 spiro atoms. The van der Waals surface area contributed by atoms with Crippen LogP contribution < -0.4 is 0 Å². The van der Waals surface area contributed by atoms with Gasteiger partial charge in [-0.15, -0.1) is 0 Å². The Labute approximate surface area is 33.4 Å². The van der Waals surface area contributed by atoms with Crippen LogP contribution in [0.5, 0.6) is 0 Å². The van der Waals surface area contributed by atoms with Crippen molar-refractivity contribution in [3.05, 3.63) is 0 Å².